The quantitative estimate of drug-likeness (QED) is 0.361. The Bertz CT molecular complexity index is 922. The summed E-state index contributed by atoms with van der Waals surface area (Å²) in [5.74, 6) is -0.716. The standard InChI is InChI=1S/C18H14Cl3N3O3S/c19-12-6-7-15(14(21)9-12)27-10-17(26)23-24-18(28)22-16(25)8-5-11-3-1-2-4-13(11)20/h1-9H,10H2,(H,23,26)(H2,22,24,25,28). The summed E-state index contributed by atoms with van der Waals surface area (Å²) in [6.07, 6.45) is 2.81. The van der Waals surface area contributed by atoms with Crippen LogP contribution in [-0.2, 0) is 9.59 Å². The monoisotopic (exact) mass is 457 g/mol. The lowest BCUT2D eigenvalue weighted by molar-refractivity contribution is -0.123. The predicted octanol–water partition coefficient (Wildman–Crippen LogP) is 3.76. The Balaban J connectivity index is 1.73. The minimum Gasteiger partial charge on any atom is -0.482 e. The summed E-state index contributed by atoms with van der Waals surface area (Å²) in [6, 6.07) is 11.7. The highest BCUT2D eigenvalue weighted by atomic mass is 35.5. The molecular formula is C18H14Cl3N3O3S. The molecule has 0 aliphatic rings. The molecule has 2 rings (SSSR count). The van der Waals surface area contributed by atoms with E-state index in [1.54, 1.807) is 42.5 Å². The second-order valence-corrected chi connectivity index (χ2v) is 6.87. The largest absolute Gasteiger partial charge is 0.482 e. The maximum absolute atomic E-state index is 11.8. The minimum atomic E-state index is -0.533. The number of carbonyl (C=O) groups is 2. The Morgan fingerprint density at radius 2 is 1.79 bits per heavy atom. The van der Waals surface area contributed by atoms with Gasteiger partial charge < -0.3 is 4.74 Å². The molecule has 0 heterocycles. The summed E-state index contributed by atoms with van der Waals surface area (Å²) in [5, 5.41) is 3.53. The minimum absolute atomic E-state index is 0.0910. The summed E-state index contributed by atoms with van der Waals surface area (Å²) in [4.78, 5) is 23.6. The van der Waals surface area contributed by atoms with Crippen molar-refractivity contribution in [2.24, 2.45) is 0 Å². The molecule has 0 bridgehead atoms. The fraction of sp³-hybridized carbons (Fsp3) is 0.0556. The van der Waals surface area contributed by atoms with Gasteiger partial charge in [-0.1, -0.05) is 53.0 Å². The van der Waals surface area contributed by atoms with Gasteiger partial charge in [-0.3, -0.25) is 25.8 Å². The molecule has 2 amide bonds. The summed E-state index contributed by atoms with van der Waals surface area (Å²) in [6.45, 7) is -0.322. The van der Waals surface area contributed by atoms with Crippen molar-refractivity contribution in [3.8, 4) is 5.75 Å². The molecule has 0 saturated heterocycles. The van der Waals surface area contributed by atoms with E-state index in [4.69, 9.17) is 51.8 Å². The van der Waals surface area contributed by atoms with Gasteiger partial charge in [-0.2, -0.15) is 0 Å². The van der Waals surface area contributed by atoms with Crippen molar-refractivity contribution in [2.75, 3.05) is 6.61 Å². The van der Waals surface area contributed by atoms with Crippen LogP contribution in [0.25, 0.3) is 6.08 Å². The van der Waals surface area contributed by atoms with E-state index < -0.39 is 11.8 Å². The normalized spacial score (nSPS) is 10.4. The lowest BCUT2D eigenvalue weighted by atomic mass is 10.2. The van der Waals surface area contributed by atoms with Crippen LogP contribution in [0.4, 0.5) is 0 Å². The van der Waals surface area contributed by atoms with Crippen molar-refractivity contribution in [3.63, 3.8) is 0 Å². The van der Waals surface area contributed by atoms with Gasteiger partial charge in [0.15, 0.2) is 11.7 Å². The molecular weight excluding hydrogens is 445 g/mol. The smallest absolute Gasteiger partial charge is 0.276 e. The number of hydrazine groups is 1. The van der Waals surface area contributed by atoms with Gasteiger partial charge in [0.2, 0.25) is 5.91 Å². The number of thiocarbonyl (C=S) groups is 1. The van der Waals surface area contributed by atoms with Crippen LogP contribution in [0.2, 0.25) is 15.1 Å². The van der Waals surface area contributed by atoms with Gasteiger partial charge in [0.25, 0.3) is 5.91 Å². The van der Waals surface area contributed by atoms with Crippen LogP contribution in [0.15, 0.2) is 48.5 Å². The lowest BCUT2D eigenvalue weighted by Crippen LogP contribution is -2.49. The summed E-state index contributed by atoms with van der Waals surface area (Å²) < 4.78 is 5.27. The average Bonchev–Trinajstić information content (AvgIpc) is 2.65. The third kappa shape index (κ3) is 7.36. The highest BCUT2D eigenvalue weighted by Crippen LogP contribution is 2.27. The van der Waals surface area contributed by atoms with E-state index in [-0.39, 0.29) is 16.7 Å². The Hall–Kier alpha value is -2.32. The van der Waals surface area contributed by atoms with Gasteiger partial charge >= 0.3 is 0 Å². The SMILES string of the molecule is O=C(C=Cc1ccccc1Cl)NC(=S)NNC(=O)COc1ccc(Cl)cc1Cl. The zero-order chi connectivity index (χ0) is 20.5. The Morgan fingerprint density at radius 1 is 1.04 bits per heavy atom. The fourth-order valence-corrected chi connectivity index (χ4v) is 2.67. The first-order valence-corrected chi connectivity index (χ1v) is 9.29. The molecule has 28 heavy (non-hydrogen) atoms. The number of rotatable bonds is 5. The maximum Gasteiger partial charge on any atom is 0.276 e. The summed E-state index contributed by atoms with van der Waals surface area (Å²) >= 11 is 22.6. The van der Waals surface area contributed by atoms with Gasteiger partial charge in [-0.25, -0.2) is 0 Å². The number of nitrogens with one attached hydrogen (secondary N) is 3. The van der Waals surface area contributed by atoms with Gasteiger partial charge in [0.05, 0.1) is 5.02 Å². The van der Waals surface area contributed by atoms with Crippen LogP contribution in [-0.4, -0.2) is 23.5 Å². The number of benzene rings is 2. The van der Waals surface area contributed by atoms with Gasteiger partial charge in [0, 0.05) is 16.1 Å². The molecule has 0 radical (unpaired) electrons. The number of hydrogen-bond acceptors (Lipinski definition) is 4. The van der Waals surface area contributed by atoms with E-state index in [0.717, 1.165) is 0 Å². The van der Waals surface area contributed by atoms with E-state index in [1.165, 1.54) is 12.1 Å². The molecule has 2 aromatic carbocycles. The van der Waals surface area contributed by atoms with E-state index >= 15 is 0 Å². The zero-order valence-corrected chi connectivity index (χ0v) is 17.3. The van der Waals surface area contributed by atoms with Crippen molar-refractivity contribution in [2.45, 2.75) is 0 Å². The summed E-state index contributed by atoms with van der Waals surface area (Å²) in [7, 11) is 0. The number of carbonyl (C=O) groups excluding carboxylic acids is 2. The topological polar surface area (TPSA) is 79.5 Å². The number of hydrogen-bond donors (Lipinski definition) is 3. The molecule has 0 atom stereocenters. The Kier molecular flexibility index (Phi) is 8.53. The first-order chi connectivity index (χ1) is 13.3. The second-order valence-electron chi connectivity index (χ2n) is 5.21. The molecule has 146 valence electrons. The van der Waals surface area contributed by atoms with Gasteiger partial charge in [-0.15, -0.1) is 0 Å². The van der Waals surface area contributed by atoms with E-state index in [2.05, 4.69) is 16.2 Å². The van der Waals surface area contributed by atoms with Crippen molar-refractivity contribution >= 4 is 70.0 Å². The van der Waals surface area contributed by atoms with Crippen LogP contribution >= 0.6 is 47.0 Å². The second kappa shape index (κ2) is 10.9. The molecule has 0 unspecified atom stereocenters. The molecule has 0 spiro atoms. The molecule has 10 heteroatoms. The molecule has 6 nitrogen and oxygen atoms in total. The van der Waals surface area contributed by atoms with E-state index in [9.17, 15) is 9.59 Å². The van der Waals surface area contributed by atoms with Gasteiger partial charge in [-0.05, 0) is 48.1 Å². The molecule has 0 aromatic heterocycles. The predicted molar refractivity (Wildman–Crippen MR) is 114 cm³/mol. The fourth-order valence-electron chi connectivity index (χ4n) is 1.86. The van der Waals surface area contributed by atoms with E-state index in [1.807, 2.05) is 0 Å². The first kappa shape index (κ1) is 22.0. The van der Waals surface area contributed by atoms with Crippen LogP contribution in [0.5, 0.6) is 5.75 Å². The van der Waals surface area contributed by atoms with Crippen LogP contribution in [0.3, 0.4) is 0 Å². The summed E-state index contributed by atoms with van der Waals surface area (Å²) in [5.41, 5.74) is 5.36. The van der Waals surface area contributed by atoms with Crippen molar-refractivity contribution in [3.05, 3.63) is 69.2 Å². The maximum atomic E-state index is 11.8. The van der Waals surface area contributed by atoms with Crippen LogP contribution in [0.1, 0.15) is 5.56 Å². The Morgan fingerprint density at radius 3 is 2.50 bits per heavy atom. The molecule has 0 aliphatic heterocycles. The van der Waals surface area contributed by atoms with E-state index in [0.29, 0.717) is 21.4 Å². The highest BCUT2D eigenvalue weighted by molar-refractivity contribution is 7.80. The number of ether oxygens (including phenoxy) is 1. The molecule has 0 saturated carbocycles. The van der Waals surface area contributed by atoms with Crippen molar-refractivity contribution < 1.29 is 14.3 Å². The third-order valence-corrected chi connectivity index (χ3v) is 4.20. The third-order valence-electron chi connectivity index (χ3n) is 3.12. The Labute approximate surface area is 181 Å². The lowest BCUT2D eigenvalue weighted by Gasteiger charge is -2.11. The number of amides is 2. The van der Waals surface area contributed by atoms with Crippen LogP contribution in [0, 0.1) is 0 Å². The van der Waals surface area contributed by atoms with Gasteiger partial charge in [0.1, 0.15) is 5.75 Å². The first-order valence-electron chi connectivity index (χ1n) is 7.75. The molecule has 3 N–H and O–H groups in total. The number of halogens is 3. The molecule has 0 aliphatic carbocycles. The molecule has 2 aromatic rings. The zero-order valence-electron chi connectivity index (χ0n) is 14.2. The van der Waals surface area contributed by atoms with Crippen LogP contribution < -0.4 is 20.9 Å². The molecule has 0 fully saturated rings. The van der Waals surface area contributed by atoms with Crippen molar-refractivity contribution in [1.29, 1.82) is 0 Å². The average molecular weight is 459 g/mol. The highest BCUT2D eigenvalue weighted by Gasteiger charge is 2.07. The van der Waals surface area contributed by atoms with Crippen molar-refractivity contribution in [1.82, 2.24) is 16.2 Å².